The number of hydrogen-bond donors (Lipinski definition) is 7. The molecule has 0 saturated carbocycles. The van der Waals surface area contributed by atoms with E-state index in [0.717, 1.165) is 5.56 Å². The number of H-pyrrole nitrogens is 2. The lowest BCUT2D eigenvalue weighted by atomic mass is 9.94. The van der Waals surface area contributed by atoms with Crippen molar-refractivity contribution in [1.29, 1.82) is 0 Å². The number of fused-ring (bicyclic) bond motifs is 8. The Kier molecular flexibility index (Phi) is 15.9. The number of benzene rings is 5. The highest BCUT2D eigenvalue weighted by atomic mass is 32.1. The van der Waals surface area contributed by atoms with Crippen LogP contribution in [0.3, 0.4) is 0 Å². The molecule has 0 saturated heterocycles. The number of hydrogen-bond acceptors (Lipinski definition) is 8. The van der Waals surface area contributed by atoms with Crippen molar-refractivity contribution in [2.24, 2.45) is 16.2 Å². The number of amides is 4. The van der Waals surface area contributed by atoms with E-state index in [1.54, 1.807) is 12.1 Å². The molecule has 13 nitrogen and oxygen atoms in total. The summed E-state index contributed by atoms with van der Waals surface area (Å²) in [5.74, 6) is 2.58. The van der Waals surface area contributed by atoms with Crippen LogP contribution in [-0.4, -0.2) is 50.2 Å². The van der Waals surface area contributed by atoms with Crippen LogP contribution in [0.25, 0.3) is 90.9 Å². The van der Waals surface area contributed by atoms with Crippen LogP contribution in [0.5, 0.6) is 5.75 Å². The Morgan fingerprint density at radius 1 is 0.476 bits per heavy atom. The highest BCUT2D eigenvalue weighted by molar-refractivity contribution is 7.79. The molecular formula is C70H66N8O5S. The molecule has 422 valence electrons. The number of para-hydroxylation sites is 4. The minimum Gasteiger partial charge on any atom is -0.483 e. The minimum absolute atomic E-state index is 0.164. The summed E-state index contributed by atoms with van der Waals surface area (Å²) in [5.41, 5.74) is 11.9. The normalized spacial score (nSPS) is 12.1. The zero-order valence-corrected chi connectivity index (χ0v) is 49.4. The van der Waals surface area contributed by atoms with Crippen molar-refractivity contribution in [2.45, 2.75) is 68.1 Å². The first-order chi connectivity index (χ1) is 40.1. The van der Waals surface area contributed by atoms with E-state index in [9.17, 15) is 19.2 Å². The molecular weight excluding hydrogens is 1060 g/mol. The summed E-state index contributed by atoms with van der Waals surface area (Å²) < 4.78 is 6.09. The Morgan fingerprint density at radius 3 is 1.11 bits per heavy atom. The van der Waals surface area contributed by atoms with Gasteiger partial charge in [-0.05, 0) is 91.0 Å². The average molecular weight is 1130 g/mol. The molecule has 5 aromatic carbocycles. The molecule has 2 aliphatic heterocycles. The van der Waals surface area contributed by atoms with Crippen LogP contribution in [0.1, 0.15) is 96.2 Å². The monoisotopic (exact) mass is 1130 g/mol. The highest BCUT2D eigenvalue weighted by Gasteiger charge is 2.28. The summed E-state index contributed by atoms with van der Waals surface area (Å²) in [7, 11) is 0. The van der Waals surface area contributed by atoms with Gasteiger partial charge in [-0.2, -0.15) is 12.6 Å². The van der Waals surface area contributed by atoms with E-state index in [-0.39, 0.29) is 24.3 Å². The average Bonchev–Trinajstić information content (AvgIpc) is 2.52. The Balaban J connectivity index is 1.30. The second kappa shape index (κ2) is 23.3. The number of ether oxygens (including phenoxy) is 1. The number of terminal acetylenes is 1. The largest absolute Gasteiger partial charge is 0.483 e. The third-order valence-corrected chi connectivity index (χ3v) is 14.7. The van der Waals surface area contributed by atoms with Crippen LogP contribution in [0.2, 0.25) is 0 Å². The number of nitrogens with one attached hydrogen (secondary N) is 6. The second-order valence-corrected chi connectivity index (χ2v) is 24.1. The molecule has 8 bridgehead atoms. The predicted octanol–water partition coefficient (Wildman–Crippen LogP) is 15.7. The Hall–Kier alpha value is -9.71. The summed E-state index contributed by atoms with van der Waals surface area (Å²) in [4.78, 5) is 74.3. The number of aromatic amines is 2. The van der Waals surface area contributed by atoms with Crippen LogP contribution in [0.15, 0.2) is 140 Å². The van der Waals surface area contributed by atoms with Crippen molar-refractivity contribution in [1.82, 2.24) is 19.9 Å². The lowest BCUT2D eigenvalue weighted by Crippen LogP contribution is -2.27. The van der Waals surface area contributed by atoms with Crippen LogP contribution in [-0.2, 0) is 24.9 Å². The zero-order valence-electron chi connectivity index (χ0n) is 48.5. The molecule has 0 unspecified atom stereocenters. The van der Waals surface area contributed by atoms with Crippen LogP contribution in [0, 0.1) is 28.6 Å². The number of anilines is 4. The van der Waals surface area contributed by atoms with E-state index in [1.165, 1.54) is 0 Å². The third-order valence-electron chi connectivity index (χ3n) is 14.4. The number of nitrogens with zero attached hydrogens (tertiary/aromatic N) is 2. The number of rotatable bonds is 12. The molecule has 5 heterocycles. The smallest absolute Gasteiger partial charge is 0.262 e. The Bertz CT molecular complexity index is 4180. The van der Waals surface area contributed by atoms with Gasteiger partial charge in [0.05, 0.1) is 22.8 Å². The molecule has 14 heteroatoms. The van der Waals surface area contributed by atoms with Gasteiger partial charge in [0.15, 0.2) is 6.61 Å². The zero-order chi connectivity index (χ0) is 59.7. The molecule has 3 aromatic heterocycles. The lowest BCUT2D eigenvalue weighted by molar-refractivity contribution is -0.123. The molecule has 0 radical (unpaired) electrons. The van der Waals surface area contributed by atoms with E-state index in [0.29, 0.717) is 129 Å². The van der Waals surface area contributed by atoms with Crippen molar-refractivity contribution in [3.8, 4) is 62.6 Å². The number of aromatic nitrogens is 4. The molecule has 2 aliphatic rings. The van der Waals surface area contributed by atoms with E-state index in [4.69, 9.17) is 21.1 Å². The first-order valence-electron chi connectivity index (χ1n) is 27.7. The van der Waals surface area contributed by atoms with Crippen molar-refractivity contribution in [2.75, 3.05) is 27.9 Å². The van der Waals surface area contributed by atoms with Crippen LogP contribution >= 0.6 is 12.6 Å². The van der Waals surface area contributed by atoms with Crippen molar-refractivity contribution < 1.29 is 23.9 Å². The maximum atomic E-state index is 14.1. The number of thiol groups is 1. The molecule has 10 rings (SSSR count). The van der Waals surface area contributed by atoms with Gasteiger partial charge in [-0.25, -0.2) is 9.97 Å². The van der Waals surface area contributed by atoms with Crippen molar-refractivity contribution in [3.05, 3.63) is 173 Å². The second-order valence-electron chi connectivity index (χ2n) is 23.8. The molecule has 0 fully saturated rings. The summed E-state index contributed by atoms with van der Waals surface area (Å²) in [6, 6.07) is 43.8. The summed E-state index contributed by atoms with van der Waals surface area (Å²) in [6.07, 6.45) is 13.5. The first kappa shape index (κ1) is 57.5. The van der Waals surface area contributed by atoms with Gasteiger partial charge in [-0.15, -0.1) is 6.42 Å². The van der Waals surface area contributed by atoms with E-state index >= 15 is 0 Å². The molecule has 0 spiro atoms. The number of carbonyl (C=O) groups excluding carboxylic acids is 4. The highest BCUT2D eigenvalue weighted by Crippen LogP contribution is 2.44. The van der Waals surface area contributed by atoms with Gasteiger partial charge in [0.2, 0.25) is 17.7 Å². The SMILES string of the molecule is C#Cc1ccc(OCC(=O)Nc2ccccc2-c2c3nc(c(-c4ccccc4NC(=O)C(C)(C)C)c4ccc([nH]4)c(-c4ccccc4NC(=O)C(C)(C)C)c4nc(c(-c5ccccc5NC(=O)C(C)(C)C)c5ccc2[nH]5)C=C4)C=C3)c(CS)c1. The fraction of sp³-hybridized carbons (Fsp3) is 0.200. The molecule has 0 atom stereocenters. The van der Waals surface area contributed by atoms with Gasteiger partial charge in [0.25, 0.3) is 5.91 Å². The van der Waals surface area contributed by atoms with Crippen LogP contribution in [0.4, 0.5) is 22.7 Å². The van der Waals surface area contributed by atoms with Crippen molar-refractivity contribution >= 4 is 105 Å². The lowest BCUT2D eigenvalue weighted by Gasteiger charge is -2.20. The predicted molar refractivity (Wildman–Crippen MR) is 346 cm³/mol. The molecule has 8 aromatic rings. The molecule has 0 aliphatic carbocycles. The topological polar surface area (TPSA) is 183 Å². The van der Waals surface area contributed by atoms with Gasteiger partial charge < -0.3 is 36.0 Å². The minimum atomic E-state index is -0.717. The van der Waals surface area contributed by atoms with Gasteiger partial charge in [0.1, 0.15) is 5.75 Å². The third kappa shape index (κ3) is 12.1. The summed E-state index contributed by atoms with van der Waals surface area (Å²) >= 11 is 4.49. The van der Waals surface area contributed by atoms with E-state index in [2.05, 4.69) is 49.8 Å². The Labute approximate surface area is 495 Å². The maximum Gasteiger partial charge on any atom is 0.262 e. The molecule has 6 N–H and O–H groups in total. The van der Waals surface area contributed by atoms with Crippen molar-refractivity contribution in [3.63, 3.8) is 0 Å². The van der Waals surface area contributed by atoms with Gasteiger partial charge in [-0.1, -0.05) is 141 Å². The van der Waals surface area contributed by atoms with E-state index in [1.807, 2.05) is 214 Å². The summed E-state index contributed by atoms with van der Waals surface area (Å²) in [6.45, 7) is 16.5. The molecule has 84 heavy (non-hydrogen) atoms. The van der Waals surface area contributed by atoms with Gasteiger partial charge in [0, 0.05) is 122 Å². The summed E-state index contributed by atoms with van der Waals surface area (Å²) in [5, 5.41) is 12.8. The van der Waals surface area contributed by atoms with Gasteiger partial charge in [-0.3, -0.25) is 19.2 Å². The number of carbonyl (C=O) groups is 4. The fourth-order valence-electron chi connectivity index (χ4n) is 9.77. The van der Waals surface area contributed by atoms with E-state index < -0.39 is 22.2 Å². The first-order valence-corrected chi connectivity index (χ1v) is 28.3. The van der Waals surface area contributed by atoms with Crippen LogP contribution < -0.4 is 26.0 Å². The standard InChI is InChI=1S/C70H66N8O5S/c1-11-41-28-37-59(42(38-41)40-84)83-39-60(79)75-47-24-16-12-20-43(47)61-51-29-31-53(71-51)62(44-21-13-17-25-48(44)76-65(80)68(2,3)4)55-33-35-57(73-55)64(46-23-15-19-27-50(46)78-67(82)70(8,9)10)58-36-34-56(74-58)63(54-32-30-52(61)72-54)45-22-14-18-26-49(45)77-66(81)69(5,6)7/h1,12-38,71,74,84H,39-40H2,2-10H3,(H,75,79)(H,76,80)(H,77,81)(H,78,82). The molecule has 4 amide bonds. The Morgan fingerprint density at radius 2 is 0.798 bits per heavy atom. The maximum absolute atomic E-state index is 14.1. The fourth-order valence-corrected chi connectivity index (χ4v) is 10.0. The quantitative estimate of drug-likeness (QED) is 0.0469. The van der Waals surface area contributed by atoms with Gasteiger partial charge >= 0.3 is 0 Å².